The van der Waals surface area contributed by atoms with Gasteiger partial charge in [-0.05, 0) is 31.7 Å². The lowest BCUT2D eigenvalue weighted by Gasteiger charge is -2.36. The fourth-order valence-corrected chi connectivity index (χ4v) is 2.32. The summed E-state index contributed by atoms with van der Waals surface area (Å²) in [5.74, 6) is 0. The third kappa shape index (κ3) is 3.06. The quantitative estimate of drug-likeness (QED) is 0.821. The molecule has 1 saturated carbocycles. The Morgan fingerprint density at radius 3 is 2.62 bits per heavy atom. The molecule has 0 spiro atoms. The molecule has 0 saturated heterocycles. The van der Waals surface area contributed by atoms with E-state index in [-0.39, 0.29) is 0 Å². The third-order valence-corrected chi connectivity index (χ3v) is 3.33. The second kappa shape index (κ2) is 5.46. The van der Waals surface area contributed by atoms with Crippen molar-refractivity contribution in [2.24, 2.45) is 0 Å². The van der Waals surface area contributed by atoms with Crippen LogP contribution in [0, 0.1) is 0 Å². The van der Waals surface area contributed by atoms with E-state index in [0.29, 0.717) is 18.2 Å². The first-order valence-corrected chi connectivity index (χ1v) is 6.10. The monoisotopic (exact) mass is 219 g/mol. The lowest BCUT2D eigenvalue weighted by molar-refractivity contribution is 0.0148. The highest BCUT2D eigenvalue weighted by atomic mass is 16.5. The molecule has 1 unspecified atom stereocenters. The van der Waals surface area contributed by atoms with Crippen molar-refractivity contribution in [2.45, 2.75) is 44.4 Å². The first kappa shape index (κ1) is 11.6. The molecule has 1 fully saturated rings. The molecule has 0 heterocycles. The molecule has 88 valence electrons. The minimum Gasteiger partial charge on any atom is -0.381 e. The molecule has 2 rings (SSSR count). The number of ether oxygens (including phenoxy) is 1. The zero-order chi connectivity index (χ0) is 11.4. The highest BCUT2D eigenvalue weighted by molar-refractivity contribution is 5.15. The maximum Gasteiger partial charge on any atom is 0.0601 e. The number of hydrogen-bond acceptors (Lipinski definition) is 2. The average Bonchev–Trinajstić information content (AvgIpc) is 2.24. The first-order valence-electron chi connectivity index (χ1n) is 6.10. The van der Waals surface area contributed by atoms with Crippen LogP contribution in [0.25, 0.3) is 0 Å². The third-order valence-electron chi connectivity index (χ3n) is 3.33. The standard InChI is InChI=1S/C14H21NO/c1-11(8-12-6-4-3-5-7-12)15-13-9-14(10-13)16-2/h3-7,11,13-15H,8-10H2,1-2H3. The van der Waals surface area contributed by atoms with Gasteiger partial charge >= 0.3 is 0 Å². The molecule has 1 aromatic rings. The molecule has 16 heavy (non-hydrogen) atoms. The van der Waals surface area contributed by atoms with Gasteiger partial charge in [0.15, 0.2) is 0 Å². The number of nitrogens with one attached hydrogen (secondary N) is 1. The van der Waals surface area contributed by atoms with Crippen molar-refractivity contribution >= 4 is 0 Å². The number of methoxy groups -OCH3 is 1. The summed E-state index contributed by atoms with van der Waals surface area (Å²) < 4.78 is 5.28. The topological polar surface area (TPSA) is 21.3 Å². The van der Waals surface area contributed by atoms with Crippen LogP contribution in [0.2, 0.25) is 0 Å². The van der Waals surface area contributed by atoms with Gasteiger partial charge in [0.25, 0.3) is 0 Å². The van der Waals surface area contributed by atoms with E-state index in [4.69, 9.17) is 4.74 Å². The lowest BCUT2D eigenvalue weighted by atomic mass is 9.88. The Labute approximate surface area is 98.0 Å². The minimum absolute atomic E-state index is 0.487. The predicted octanol–water partition coefficient (Wildman–Crippen LogP) is 2.38. The van der Waals surface area contributed by atoms with Crippen LogP contribution in [0.5, 0.6) is 0 Å². The van der Waals surface area contributed by atoms with E-state index in [1.54, 1.807) is 7.11 Å². The molecule has 1 N–H and O–H groups in total. The SMILES string of the molecule is COC1CC(NC(C)Cc2ccccc2)C1. The van der Waals surface area contributed by atoms with Crippen molar-refractivity contribution in [1.29, 1.82) is 0 Å². The average molecular weight is 219 g/mol. The summed E-state index contributed by atoms with van der Waals surface area (Å²) in [6.45, 7) is 2.26. The van der Waals surface area contributed by atoms with Gasteiger partial charge in [-0.1, -0.05) is 30.3 Å². The Morgan fingerprint density at radius 1 is 1.31 bits per heavy atom. The summed E-state index contributed by atoms with van der Waals surface area (Å²) in [5, 5.41) is 3.65. The van der Waals surface area contributed by atoms with Gasteiger partial charge in [-0.2, -0.15) is 0 Å². The lowest BCUT2D eigenvalue weighted by Crippen LogP contribution is -2.48. The Balaban J connectivity index is 1.71. The van der Waals surface area contributed by atoms with Crippen molar-refractivity contribution in [3.63, 3.8) is 0 Å². The molecule has 2 heteroatoms. The second-order valence-electron chi connectivity index (χ2n) is 4.78. The maximum atomic E-state index is 5.28. The van der Waals surface area contributed by atoms with Crippen LogP contribution < -0.4 is 5.32 Å². The number of rotatable bonds is 5. The van der Waals surface area contributed by atoms with Gasteiger partial charge in [-0.15, -0.1) is 0 Å². The van der Waals surface area contributed by atoms with E-state index < -0.39 is 0 Å². The van der Waals surface area contributed by atoms with Gasteiger partial charge in [0, 0.05) is 19.2 Å². The van der Waals surface area contributed by atoms with Gasteiger partial charge in [0.1, 0.15) is 0 Å². The highest BCUT2D eigenvalue weighted by Gasteiger charge is 2.29. The molecule has 1 aromatic carbocycles. The van der Waals surface area contributed by atoms with E-state index in [2.05, 4.69) is 42.6 Å². The van der Waals surface area contributed by atoms with Crippen LogP contribution in [0.3, 0.4) is 0 Å². The Morgan fingerprint density at radius 2 is 2.00 bits per heavy atom. The highest BCUT2D eigenvalue weighted by Crippen LogP contribution is 2.23. The fraction of sp³-hybridized carbons (Fsp3) is 0.571. The van der Waals surface area contributed by atoms with Gasteiger partial charge in [-0.25, -0.2) is 0 Å². The molecular weight excluding hydrogens is 198 g/mol. The molecule has 0 amide bonds. The van der Waals surface area contributed by atoms with Gasteiger partial charge in [-0.3, -0.25) is 0 Å². The van der Waals surface area contributed by atoms with Crippen LogP contribution in [0.1, 0.15) is 25.3 Å². The zero-order valence-corrected chi connectivity index (χ0v) is 10.1. The van der Waals surface area contributed by atoms with Crippen LogP contribution in [-0.4, -0.2) is 25.3 Å². The summed E-state index contributed by atoms with van der Waals surface area (Å²) >= 11 is 0. The molecule has 0 bridgehead atoms. The van der Waals surface area contributed by atoms with Crippen LogP contribution in [0.4, 0.5) is 0 Å². The summed E-state index contributed by atoms with van der Waals surface area (Å²) in [7, 11) is 1.80. The van der Waals surface area contributed by atoms with E-state index in [1.165, 1.54) is 5.56 Å². The fourth-order valence-electron chi connectivity index (χ4n) is 2.32. The Bertz CT molecular complexity index is 306. The van der Waals surface area contributed by atoms with Gasteiger partial charge in [0.05, 0.1) is 6.10 Å². The van der Waals surface area contributed by atoms with Gasteiger partial charge in [0.2, 0.25) is 0 Å². The Hall–Kier alpha value is -0.860. The van der Waals surface area contributed by atoms with E-state index in [1.807, 2.05) is 0 Å². The van der Waals surface area contributed by atoms with Crippen molar-refractivity contribution in [3.05, 3.63) is 35.9 Å². The molecule has 0 radical (unpaired) electrons. The summed E-state index contributed by atoms with van der Waals surface area (Å²) in [5.41, 5.74) is 1.41. The van der Waals surface area contributed by atoms with E-state index in [0.717, 1.165) is 19.3 Å². The van der Waals surface area contributed by atoms with E-state index >= 15 is 0 Å². The van der Waals surface area contributed by atoms with Crippen LogP contribution >= 0.6 is 0 Å². The summed E-state index contributed by atoms with van der Waals surface area (Å²) in [6, 6.07) is 11.9. The molecule has 2 nitrogen and oxygen atoms in total. The first-order chi connectivity index (χ1) is 7.78. The molecule has 0 aromatic heterocycles. The van der Waals surface area contributed by atoms with Crippen molar-refractivity contribution in [3.8, 4) is 0 Å². The molecule has 1 atom stereocenters. The molecule has 1 aliphatic carbocycles. The van der Waals surface area contributed by atoms with Crippen molar-refractivity contribution in [2.75, 3.05) is 7.11 Å². The molecule has 0 aliphatic heterocycles. The normalized spacial score (nSPS) is 26.1. The van der Waals surface area contributed by atoms with Crippen molar-refractivity contribution < 1.29 is 4.74 Å². The summed E-state index contributed by atoms with van der Waals surface area (Å²) in [6.07, 6.45) is 3.92. The van der Waals surface area contributed by atoms with Gasteiger partial charge < -0.3 is 10.1 Å². The smallest absolute Gasteiger partial charge is 0.0601 e. The van der Waals surface area contributed by atoms with Crippen LogP contribution in [0.15, 0.2) is 30.3 Å². The largest absolute Gasteiger partial charge is 0.381 e. The van der Waals surface area contributed by atoms with Crippen LogP contribution in [-0.2, 0) is 11.2 Å². The number of benzene rings is 1. The van der Waals surface area contributed by atoms with E-state index in [9.17, 15) is 0 Å². The summed E-state index contributed by atoms with van der Waals surface area (Å²) in [4.78, 5) is 0. The second-order valence-corrected chi connectivity index (χ2v) is 4.78. The zero-order valence-electron chi connectivity index (χ0n) is 10.1. The maximum absolute atomic E-state index is 5.28. The molecular formula is C14H21NO. The minimum atomic E-state index is 0.487. The Kier molecular flexibility index (Phi) is 3.97. The number of hydrogen-bond donors (Lipinski definition) is 1. The van der Waals surface area contributed by atoms with Crippen molar-refractivity contribution in [1.82, 2.24) is 5.32 Å². The predicted molar refractivity (Wildman–Crippen MR) is 66.6 cm³/mol. The molecule has 1 aliphatic rings.